The summed E-state index contributed by atoms with van der Waals surface area (Å²) in [6, 6.07) is 3.24. The van der Waals surface area contributed by atoms with Crippen molar-refractivity contribution in [3.8, 4) is 0 Å². The van der Waals surface area contributed by atoms with Crippen LogP contribution in [0.2, 0.25) is 0 Å². The van der Waals surface area contributed by atoms with Gasteiger partial charge < -0.3 is 4.42 Å². The molecule has 4 nitrogen and oxygen atoms in total. The number of hydrogen-bond acceptors (Lipinski definition) is 3. The van der Waals surface area contributed by atoms with Gasteiger partial charge in [0.1, 0.15) is 5.76 Å². The number of furan rings is 1. The van der Waals surface area contributed by atoms with Gasteiger partial charge in [0.2, 0.25) is 5.09 Å². The van der Waals surface area contributed by atoms with Crippen molar-refractivity contribution < 1.29 is 12.8 Å². The fourth-order valence-corrected chi connectivity index (χ4v) is 4.60. The molecule has 0 bridgehead atoms. The summed E-state index contributed by atoms with van der Waals surface area (Å²) >= 11 is 5.68. The van der Waals surface area contributed by atoms with Crippen molar-refractivity contribution in [3.05, 3.63) is 17.9 Å². The molecule has 0 aliphatic heterocycles. The van der Waals surface area contributed by atoms with E-state index in [9.17, 15) is 8.42 Å². The van der Waals surface area contributed by atoms with E-state index in [-0.39, 0.29) is 22.9 Å². The van der Waals surface area contributed by atoms with Crippen LogP contribution in [-0.4, -0.2) is 25.3 Å². The van der Waals surface area contributed by atoms with Crippen molar-refractivity contribution in [3.63, 3.8) is 0 Å². The molecule has 1 aliphatic rings. The standard InChI is InChI=1S/C14H22ClNO3S/c1-11(2)10-16(12-5-3-4-6-12)20(17,18)14-8-7-13(9-15)19-14/h7-8,11-12H,3-6,9-10H2,1-2H3. The summed E-state index contributed by atoms with van der Waals surface area (Å²) in [7, 11) is -3.56. The van der Waals surface area contributed by atoms with Gasteiger partial charge in [0.05, 0.1) is 5.88 Å². The second kappa shape index (κ2) is 6.50. The van der Waals surface area contributed by atoms with Gasteiger partial charge in [-0.15, -0.1) is 11.6 Å². The molecular weight excluding hydrogens is 298 g/mol. The number of hydrogen-bond donors (Lipinski definition) is 0. The molecular formula is C14H22ClNO3S. The predicted molar refractivity (Wildman–Crippen MR) is 79.3 cm³/mol. The highest BCUT2D eigenvalue weighted by Crippen LogP contribution is 2.30. The zero-order chi connectivity index (χ0) is 14.8. The van der Waals surface area contributed by atoms with E-state index in [1.165, 1.54) is 6.07 Å². The molecule has 1 aromatic heterocycles. The van der Waals surface area contributed by atoms with E-state index in [1.807, 2.05) is 13.8 Å². The Hall–Kier alpha value is -0.520. The summed E-state index contributed by atoms with van der Waals surface area (Å²) in [6.07, 6.45) is 4.07. The van der Waals surface area contributed by atoms with Gasteiger partial charge >= 0.3 is 0 Å². The Morgan fingerprint density at radius 2 is 2.00 bits per heavy atom. The molecule has 0 unspecified atom stereocenters. The molecule has 2 rings (SSSR count). The van der Waals surface area contributed by atoms with Gasteiger partial charge in [0, 0.05) is 12.6 Å². The van der Waals surface area contributed by atoms with E-state index in [0.717, 1.165) is 25.7 Å². The zero-order valence-electron chi connectivity index (χ0n) is 12.0. The summed E-state index contributed by atoms with van der Waals surface area (Å²) in [5.74, 6) is 0.956. The third-order valence-corrected chi connectivity index (χ3v) is 5.66. The van der Waals surface area contributed by atoms with E-state index < -0.39 is 10.0 Å². The quantitative estimate of drug-likeness (QED) is 0.753. The fraction of sp³-hybridized carbons (Fsp3) is 0.714. The lowest BCUT2D eigenvalue weighted by molar-refractivity contribution is 0.282. The van der Waals surface area contributed by atoms with Crippen molar-refractivity contribution in [1.29, 1.82) is 0 Å². The first kappa shape index (κ1) is 15.9. The smallest absolute Gasteiger partial charge is 0.276 e. The third-order valence-electron chi connectivity index (χ3n) is 3.61. The van der Waals surface area contributed by atoms with Crippen molar-refractivity contribution in [1.82, 2.24) is 4.31 Å². The van der Waals surface area contributed by atoms with E-state index in [1.54, 1.807) is 10.4 Å². The van der Waals surface area contributed by atoms with Crippen LogP contribution in [0, 0.1) is 5.92 Å². The second-order valence-corrected chi connectivity index (χ2v) is 7.85. The van der Waals surface area contributed by atoms with Gasteiger partial charge in [0.25, 0.3) is 10.0 Å². The minimum atomic E-state index is -3.56. The van der Waals surface area contributed by atoms with Crippen molar-refractivity contribution in [2.45, 2.75) is 56.5 Å². The van der Waals surface area contributed by atoms with Crippen LogP contribution in [0.15, 0.2) is 21.6 Å². The molecule has 0 N–H and O–H groups in total. The summed E-state index contributed by atoms with van der Waals surface area (Å²) in [6.45, 7) is 4.59. The summed E-state index contributed by atoms with van der Waals surface area (Å²) in [5.41, 5.74) is 0. The summed E-state index contributed by atoms with van der Waals surface area (Å²) < 4.78 is 32.5. The molecule has 20 heavy (non-hydrogen) atoms. The molecule has 1 heterocycles. The minimum absolute atomic E-state index is 0.0145. The van der Waals surface area contributed by atoms with Crippen LogP contribution in [0.1, 0.15) is 45.3 Å². The van der Waals surface area contributed by atoms with Gasteiger partial charge in [-0.3, -0.25) is 0 Å². The lowest BCUT2D eigenvalue weighted by Gasteiger charge is -2.28. The molecule has 0 spiro atoms. The largest absolute Gasteiger partial charge is 0.447 e. The molecule has 0 radical (unpaired) electrons. The van der Waals surface area contributed by atoms with Gasteiger partial charge in [-0.05, 0) is 30.9 Å². The van der Waals surface area contributed by atoms with Gasteiger partial charge in [-0.25, -0.2) is 8.42 Å². The molecule has 1 aliphatic carbocycles. The maximum atomic E-state index is 12.8. The first-order valence-corrected chi connectivity index (χ1v) is 9.09. The van der Waals surface area contributed by atoms with Gasteiger partial charge in [-0.2, -0.15) is 4.31 Å². The normalized spacial score (nSPS) is 17.4. The molecule has 0 amide bonds. The molecule has 0 atom stereocenters. The van der Waals surface area contributed by atoms with Crippen LogP contribution >= 0.6 is 11.6 Å². The first-order chi connectivity index (χ1) is 9.45. The Morgan fingerprint density at radius 3 is 2.50 bits per heavy atom. The molecule has 1 fully saturated rings. The Kier molecular flexibility index (Phi) is 5.15. The van der Waals surface area contributed by atoms with Crippen LogP contribution in [0.5, 0.6) is 0 Å². The maximum absolute atomic E-state index is 12.8. The predicted octanol–water partition coefficient (Wildman–Crippen LogP) is 3.61. The molecule has 6 heteroatoms. The topological polar surface area (TPSA) is 50.5 Å². The fourth-order valence-electron chi connectivity index (χ4n) is 2.68. The summed E-state index contributed by atoms with van der Waals surface area (Å²) in [4.78, 5) is 0. The van der Waals surface area contributed by atoms with E-state index >= 15 is 0 Å². The van der Waals surface area contributed by atoms with Crippen molar-refractivity contribution in [2.24, 2.45) is 5.92 Å². The minimum Gasteiger partial charge on any atom is -0.447 e. The Labute approximate surface area is 126 Å². The Balaban J connectivity index is 2.29. The van der Waals surface area contributed by atoms with Crippen LogP contribution in [0.25, 0.3) is 0 Å². The number of sulfonamides is 1. The van der Waals surface area contributed by atoms with Crippen molar-refractivity contribution >= 4 is 21.6 Å². The van der Waals surface area contributed by atoms with E-state index in [2.05, 4.69) is 0 Å². The van der Waals surface area contributed by atoms with Crippen LogP contribution in [0.4, 0.5) is 0 Å². The Bertz CT molecular complexity index is 532. The highest BCUT2D eigenvalue weighted by molar-refractivity contribution is 7.89. The number of alkyl halides is 1. The van der Waals surface area contributed by atoms with E-state index in [0.29, 0.717) is 12.3 Å². The average molecular weight is 320 g/mol. The van der Waals surface area contributed by atoms with Gasteiger partial charge in [0.15, 0.2) is 0 Å². The lowest BCUT2D eigenvalue weighted by Crippen LogP contribution is -2.41. The van der Waals surface area contributed by atoms with Gasteiger partial charge in [-0.1, -0.05) is 26.7 Å². The molecule has 114 valence electrons. The molecule has 1 saturated carbocycles. The zero-order valence-corrected chi connectivity index (χ0v) is 13.6. The molecule has 0 aromatic carbocycles. The Morgan fingerprint density at radius 1 is 1.35 bits per heavy atom. The number of rotatable bonds is 6. The highest BCUT2D eigenvalue weighted by Gasteiger charge is 2.35. The van der Waals surface area contributed by atoms with Crippen LogP contribution in [0.3, 0.4) is 0 Å². The molecule has 1 aromatic rings. The van der Waals surface area contributed by atoms with Crippen LogP contribution in [-0.2, 0) is 15.9 Å². The highest BCUT2D eigenvalue weighted by atomic mass is 35.5. The summed E-state index contributed by atoms with van der Waals surface area (Å²) in [5, 5.41) is 0.0145. The van der Waals surface area contributed by atoms with Crippen LogP contribution < -0.4 is 0 Å². The number of halogens is 1. The second-order valence-electron chi connectivity index (χ2n) is 5.76. The third kappa shape index (κ3) is 3.38. The van der Waals surface area contributed by atoms with Crippen molar-refractivity contribution in [2.75, 3.05) is 6.54 Å². The molecule has 0 saturated heterocycles. The average Bonchev–Trinajstić information content (AvgIpc) is 3.06. The van der Waals surface area contributed by atoms with E-state index in [4.69, 9.17) is 16.0 Å². The SMILES string of the molecule is CC(C)CN(C1CCCC1)S(=O)(=O)c1ccc(CCl)o1. The number of nitrogens with zero attached hydrogens (tertiary/aromatic N) is 1. The lowest BCUT2D eigenvalue weighted by atomic mass is 10.2. The first-order valence-electron chi connectivity index (χ1n) is 7.11. The monoisotopic (exact) mass is 319 g/mol. The maximum Gasteiger partial charge on any atom is 0.276 e.